The van der Waals surface area contributed by atoms with E-state index in [1.165, 1.54) is 18.2 Å². The monoisotopic (exact) mass is 195 g/mol. The highest BCUT2D eigenvalue weighted by Crippen LogP contribution is 2.19. The van der Waals surface area contributed by atoms with Crippen LogP contribution in [0.25, 0.3) is 0 Å². The maximum atomic E-state index is 10.6. The molecule has 0 saturated carbocycles. The molecule has 0 saturated heterocycles. The topological polar surface area (TPSA) is 83.6 Å². The van der Waals surface area contributed by atoms with Crippen LogP contribution in [-0.4, -0.2) is 22.2 Å². The summed E-state index contributed by atoms with van der Waals surface area (Å²) in [5.41, 5.74) is 6.30. The van der Waals surface area contributed by atoms with Gasteiger partial charge in [-0.15, -0.1) is 0 Å². The van der Waals surface area contributed by atoms with E-state index >= 15 is 0 Å². The predicted octanol–water partition coefficient (Wildman–Crippen LogP) is 0.980. The van der Waals surface area contributed by atoms with Crippen molar-refractivity contribution >= 4 is 5.97 Å². The van der Waals surface area contributed by atoms with Gasteiger partial charge in [0.05, 0.1) is 5.56 Å². The zero-order valence-corrected chi connectivity index (χ0v) is 7.90. The molecule has 1 unspecified atom stereocenters. The Kier molecular flexibility index (Phi) is 3.09. The zero-order valence-electron chi connectivity index (χ0n) is 7.90. The SMILES string of the molecule is CC(N)Cc1cc(C(=O)O)ccc1O. The number of hydrogen-bond acceptors (Lipinski definition) is 3. The van der Waals surface area contributed by atoms with Crippen molar-refractivity contribution in [3.8, 4) is 5.75 Å². The molecule has 0 aliphatic heterocycles. The van der Waals surface area contributed by atoms with E-state index in [1.807, 2.05) is 0 Å². The zero-order chi connectivity index (χ0) is 10.7. The van der Waals surface area contributed by atoms with Crippen LogP contribution >= 0.6 is 0 Å². The number of aromatic carboxylic acids is 1. The number of carbonyl (C=O) groups is 1. The number of phenolic OH excluding ortho intramolecular Hbond substituents is 1. The lowest BCUT2D eigenvalue weighted by Crippen LogP contribution is -2.18. The maximum absolute atomic E-state index is 10.6. The molecule has 0 heterocycles. The molecular formula is C10H13NO3. The molecule has 4 nitrogen and oxygen atoms in total. The predicted molar refractivity (Wildman–Crippen MR) is 52.4 cm³/mol. The van der Waals surface area contributed by atoms with Crippen LogP contribution in [0, 0.1) is 0 Å². The normalized spacial score (nSPS) is 12.4. The highest BCUT2D eigenvalue weighted by molar-refractivity contribution is 5.88. The van der Waals surface area contributed by atoms with E-state index in [0.29, 0.717) is 12.0 Å². The number of hydrogen-bond donors (Lipinski definition) is 3. The molecule has 0 aliphatic carbocycles. The van der Waals surface area contributed by atoms with E-state index in [-0.39, 0.29) is 17.4 Å². The molecule has 4 heteroatoms. The second-order valence-corrected chi connectivity index (χ2v) is 3.33. The second kappa shape index (κ2) is 4.11. The van der Waals surface area contributed by atoms with Gasteiger partial charge < -0.3 is 15.9 Å². The van der Waals surface area contributed by atoms with E-state index in [1.54, 1.807) is 6.92 Å². The van der Waals surface area contributed by atoms with Crippen LogP contribution in [0.5, 0.6) is 5.75 Å². The second-order valence-electron chi connectivity index (χ2n) is 3.33. The van der Waals surface area contributed by atoms with Crippen molar-refractivity contribution in [2.75, 3.05) is 0 Å². The minimum atomic E-state index is -1.00. The van der Waals surface area contributed by atoms with Gasteiger partial charge in [-0.2, -0.15) is 0 Å². The molecular weight excluding hydrogens is 182 g/mol. The summed E-state index contributed by atoms with van der Waals surface area (Å²) in [5, 5.41) is 18.1. The Morgan fingerprint density at radius 3 is 2.71 bits per heavy atom. The van der Waals surface area contributed by atoms with E-state index in [0.717, 1.165) is 0 Å². The minimum Gasteiger partial charge on any atom is -0.508 e. The first-order chi connectivity index (χ1) is 6.50. The third kappa shape index (κ3) is 2.47. The summed E-state index contributed by atoms with van der Waals surface area (Å²) in [5.74, 6) is -0.914. The van der Waals surface area contributed by atoms with Gasteiger partial charge in [0.15, 0.2) is 0 Å². The summed E-state index contributed by atoms with van der Waals surface area (Å²) in [6.07, 6.45) is 0.465. The summed E-state index contributed by atoms with van der Waals surface area (Å²) >= 11 is 0. The number of carboxylic acid groups (broad SMARTS) is 1. The smallest absolute Gasteiger partial charge is 0.335 e. The summed E-state index contributed by atoms with van der Waals surface area (Å²) < 4.78 is 0. The lowest BCUT2D eigenvalue weighted by atomic mass is 10.0. The third-order valence-electron chi connectivity index (χ3n) is 1.87. The van der Waals surface area contributed by atoms with Crippen LogP contribution in [-0.2, 0) is 6.42 Å². The molecule has 0 amide bonds. The van der Waals surface area contributed by atoms with Crippen LogP contribution in [0.1, 0.15) is 22.8 Å². The van der Waals surface area contributed by atoms with Gasteiger partial charge in [0.25, 0.3) is 0 Å². The molecule has 1 aromatic rings. The van der Waals surface area contributed by atoms with Crippen LogP contribution in [0.15, 0.2) is 18.2 Å². The third-order valence-corrected chi connectivity index (χ3v) is 1.87. The average molecular weight is 195 g/mol. The Morgan fingerprint density at radius 2 is 2.21 bits per heavy atom. The van der Waals surface area contributed by atoms with Gasteiger partial charge in [0.2, 0.25) is 0 Å². The van der Waals surface area contributed by atoms with E-state index < -0.39 is 5.97 Å². The van der Waals surface area contributed by atoms with Gasteiger partial charge in [0, 0.05) is 6.04 Å². The van der Waals surface area contributed by atoms with E-state index in [2.05, 4.69) is 0 Å². The maximum Gasteiger partial charge on any atom is 0.335 e. The van der Waals surface area contributed by atoms with E-state index in [4.69, 9.17) is 10.8 Å². The van der Waals surface area contributed by atoms with Crippen molar-refractivity contribution in [1.82, 2.24) is 0 Å². The molecule has 0 fully saturated rings. The molecule has 1 atom stereocenters. The van der Waals surface area contributed by atoms with Gasteiger partial charge in [-0.25, -0.2) is 4.79 Å². The van der Waals surface area contributed by atoms with Crippen LogP contribution in [0.3, 0.4) is 0 Å². The van der Waals surface area contributed by atoms with Gasteiger partial charge in [0.1, 0.15) is 5.75 Å². The van der Waals surface area contributed by atoms with Gasteiger partial charge in [-0.3, -0.25) is 0 Å². The van der Waals surface area contributed by atoms with Gasteiger partial charge in [-0.05, 0) is 37.1 Å². The largest absolute Gasteiger partial charge is 0.508 e. The minimum absolute atomic E-state index is 0.0901. The van der Waals surface area contributed by atoms with Crippen LogP contribution in [0.4, 0.5) is 0 Å². The first-order valence-corrected chi connectivity index (χ1v) is 4.31. The lowest BCUT2D eigenvalue weighted by molar-refractivity contribution is 0.0696. The first kappa shape index (κ1) is 10.5. The van der Waals surface area contributed by atoms with Crippen molar-refractivity contribution in [1.29, 1.82) is 0 Å². The lowest BCUT2D eigenvalue weighted by Gasteiger charge is -2.08. The fourth-order valence-corrected chi connectivity index (χ4v) is 1.23. The Balaban J connectivity index is 3.02. The Bertz CT molecular complexity index is 347. The Labute approximate surface area is 82.0 Å². The fraction of sp³-hybridized carbons (Fsp3) is 0.300. The van der Waals surface area contributed by atoms with Crippen molar-refractivity contribution in [2.45, 2.75) is 19.4 Å². The quantitative estimate of drug-likeness (QED) is 0.671. The van der Waals surface area contributed by atoms with Gasteiger partial charge in [-0.1, -0.05) is 0 Å². The van der Waals surface area contributed by atoms with Crippen molar-refractivity contribution in [3.05, 3.63) is 29.3 Å². The molecule has 0 aromatic heterocycles. The van der Waals surface area contributed by atoms with Gasteiger partial charge >= 0.3 is 5.97 Å². The summed E-state index contributed by atoms with van der Waals surface area (Å²) in [6.45, 7) is 1.80. The molecule has 0 bridgehead atoms. The molecule has 4 N–H and O–H groups in total. The number of nitrogens with two attached hydrogens (primary N) is 1. The molecule has 76 valence electrons. The highest BCUT2D eigenvalue weighted by Gasteiger charge is 2.08. The summed E-state index contributed by atoms with van der Waals surface area (Å²) in [6, 6.07) is 4.08. The van der Waals surface area contributed by atoms with Crippen molar-refractivity contribution in [2.24, 2.45) is 5.73 Å². The molecule has 0 radical (unpaired) electrons. The van der Waals surface area contributed by atoms with Crippen molar-refractivity contribution < 1.29 is 15.0 Å². The van der Waals surface area contributed by atoms with Crippen LogP contribution in [0.2, 0.25) is 0 Å². The van der Waals surface area contributed by atoms with Crippen molar-refractivity contribution in [3.63, 3.8) is 0 Å². The summed E-state index contributed by atoms with van der Waals surface area (Å²) in [4.78, 5) is 10.6. The first-order valence-electron chi connectivity index (χ1n) is 4.31. The highest BCUT2D eigenvalue weighted by atomic mass is 16.4. The standard InChI is InChI=1S/C10H13NO3/c1-6(11)4-8-5-7(10(13)14)2-3-9(8)12/h2-3,5-6,12H,4,11H2,1H3,(H,13,14). The number of benzene rings is 1. The molecule has 14 heavy (non-hydrogen) atoms. The molecule has 0 spiro atoms. The molecule has 1 aromatic carbocycles. The van der Waals surface area contributed by atoms with E-state index in [9.17, 15) is 9.90 Å². The Hall–Kier alpha value is -1.55. The summed E-state index contributed by atoms with van der Waals surface area (Å²) in [7, 11) is 0. The number of carboxylic acids is 1. The van der Waals surface area contributed by atoms with Crippen LogP contribution < -0.4 is 5.73 Å². The number of aromatic hydroxyl groups is 1. The number of rotatable bonds is 3. The molecule has 0 aliphatic rings. The Morgan fingerprint density at radius 1 is 1.57 bits per heavy atom. The molecule has 1 rings (SSSR count). The average Bonchev–Trinajstić information content (AvgIpc) is 2.07. The fourth-order valence-electron chi connectivity index (χ4n) is 1.23. The number of phenols is 1.